The van der Waals surface area contributed by atoms with E-state index in [0.29, 0.717) is 11.3 Å². The standard InChI is InChI=1S/C38H35N3O3S/c1-4-27-17-10-13-25(2)35(27)41-36(42)26(3)45-32-21-12-20-31(24-32)39-38(44)34(40-37(43)29-15-6-5-7-16-29)23-30-19-11-18-28-14-8-9-22-33(28)30/h5-24,26H,4H2,1-3H3,(H,39,44)(H,40,43)(H,41,42)/b34-23+. The lowest BCUT2D eigenvalue weighted by atomic mass is 10.0. The number of anilines is 2. The summed E-state index contributed by atoms with van der Waals surface area (Å²) in [5.74, 6) is -0.949. The number of fused-ring (bicyclic) bond motifs is 1. The average molecular weight is 614 g/mol. The highest BCUT2D eigenvalue weighted by atomic mass is 32.2. The van der Waals surface area contributed by atoms with Gasteiger partial charge in [0.1, 0.15) is 5.70 Å². The Kier molecular flexibility index (Phi) is 10.1. The Labute approximate surface area is 268 Å². The molecule has 0 radical (unpaired) electrons. The molecule has 3 N–H and O–H groups in total. The molecule has 0 aliphatic heterocycles. The maximum absolute atomic E-state index is 13.7. The van der Waals surface area contributed by atoms with Crippen molar-refractivity contribution in [3.8, 4) is 0 Å². The van der Waals surface area contributed by atoms with Gasteiger partial charge in [0, 0.05) is 21.8 Å². The van der Waals surface area contributed by atoms with E-state index in [1.54, 1.807) is 36.4 Å². The average Bonchev–Trinajstić information content (AvgIpc) is 3.06. The summed E-state index contributed by atoms with van der Waals surface area (Å²) in [6, 6.07) is 35.8. The number of rotatable bonds is 10. The second-order valence-electron chi connectivity index (χ2n) is 10.6. The number of thioether (sulfide) groups is 1. The summed E-state index contributed by atoms with van der Waals surface area (Å²) in [5, 5.41) is 10.5. The second-order valence-corrected chi connectivity index (χ2v) is 12.1. The topological polar surface area (TPSA) is 87.3 Å². The highest BCUT2D eigenvalue weighted by Crippen LogP contribution is 2.29. The van der Waals surface area contributed by atoms with Crippen molar-refractivity contribution in [3.05, 3.63) is 143 Å². The number of benzene rings is 5. The lowest BCUT2D eigenvalue weighted by Gasteiger charge is -2.17. The minimum Gasteiger partial charge on any atom is -0.325 e. The molecule has 0 aliphatic rings. The van der Waals surface area contributed by atoms with Crippen molar-refractivity contribution in [1.29, 1.82) is 0 Å². The Morgan fingerprint density at radius 3 is 2.31 bits per heavy atom. The van der Waals surface area contributed by atoms with Crippen molar-refractivity contribution < 1.29 is 14.4 Å². The highest BCUT2D eigenvalue weighted by molar-refractivity contribution is 8.00. The summed E-state index contributed by atoms with van der Waals surface area (Å²) < 4.78 is 0. The third kappa shape index (κ3) is 7.88. The van der Waals surface area contributed by atoms with Crippen LogP contribution in [0.15, 0.2) is 126 Å². The molecule has 0 fully saturated rings. The van der Waals surface area contributed by atoms with Crippen LogP contribution < -0.4 is 16.0 Å². The summed E-state index contributed by atoms with van der Waals surface area (Å²) in [4.78, 5) is 40.8. The molecular weight excluding hydrogens is 579 g/mol. The first-order valence-electron chi connectivity index (χ1n) is 14.9. The van der Waals surface area contributed by atoms with E-state index in [0.717, 1.165) is 44.5 Å². The van der Waals surface area contributed by atoms with E-state index in [1.807, 2.05) is 98.8 Å². The smallest absolute Gasteiger partial charge is 0.272 e. The van der Waals surface area contributed by atoms with Gasteiger partial charge in [0.25, 0.3) is 11.8 Å². The molecule has 1 atom stereocenters. The predicted molar refractivity (Wildman–Crippen MR) is 185 cm³/mol. The van der Waals surface area contributed by atoms with Gasteiger partial charge in [0.05, 0.1) is 5.25 Å². The largest absolute Gasteiger partial charge is 0.325 e. The second kappa shape index (κ2) is 14.6. The number of carbonyl (C=O) groups excluding carboxylic acids is 3. The highest BCUT2D eigenvalue weighted by Gasteiger charge is 2.19. The van der Waals surface area contributed by atoms with E-state index in [2.05, 4.69) is 22.9 Å². The summed E-state index contributed by atoms with van der Waals surface area (Å²) >= 11 is 1.40. The zero-order chi connectivity index (χ0) is 31.8. The molecule has 5 rings (SSSR count). The van der Waals surface area contributed by atoms with E-state index < -0.39 is 5.91 Å². The fourth-order valence-electron chi connectivity index (χ4n) is 5.00. The van der Waals surface area contributed by atoms with Crippen LogP contribution in [-0.2, 0) is 16.0 Å². The van der Waals surface area contributed by atoms with Gasteiger partial charge in [0.15, 0.2) is 0 Å². The van der Waals surface area contributed by atoms with Crippen LogP contribution in [0.2, 0.25) is 0 Å². The molecule has 45 heavy (non-hydrogen) atoms. The molecule has 5 aromatic carbocycles. The monoisotopic (exact) mass is 613 g/mol. The van der Waals surface area contributed by atoms with Gasteiger partial charge in [-0.1, -0.05) is 91.9 Å². The number of hydrogen-bond acceptors (Lipinski definition) is 4. The molecule has 0 aliphatic carbocycles. The van der Waals surface area contributed by atoms with E-state index >= 15 is 0 Å². The molecule has 0 saturated carbocycles. The van der Waals surface area contributed by atoms with Gasteiger partial charge in [-0.05, 0) is 84.1 Å². The molecule has 1 unspecified atom stereocenters. The maximum Gasteiger partial charge on any atom is 0.272 e. The molecular formula is C38H35N3O3S. The third-order valence-electron chi connectivity index (χ3n) is 7.41. The third-order valence-corrected chi connectivity index (χ3v) is 8.51. The van der Waals surface area contributed by atoms with Crippen LogP contribution in [0.5, 0.6) is 0 Å². The summed E-state index contributed by atoms with van der Waals surface area (Å²) in [5.41, 5.74) is 4.88. The van der Waals surface area contributed by atoms with Gasteiger partial charge in [-0.15, -0.1) is 11.8 Å². The molecule has 226 valence electrons. The normalized spacial score (nSPS) is 11.9. The first kappa shape index (κ1) is 31.3. The zero-order valence-electron chi connectivity index (χ0n) is 25.5. The van der Waals surface area contributed by atoms with E-state index in [9.17, 15) is 14.4 Å². The Morgan fingerprint density at radius 2 is 1.51 bits per heavy atom. The summed E-state index contributed by atoms with van der Waals surface area (Å²) in [6.45, 7) is 5.92. The van der Waals surface area contributed by atoms with E-state index in [-0.39, 0.29) is 22.8 Å². The van der Waals surface area contributed by atoms with Crippen molar-refractivity contribution >= 4 is 57.7 Å². The molecule has 0 spiro atoms. The van der Waals surface area contributed by atoms with Gasteiger partial charge in [0.2, 0.25) is 5.91 Å². The zero-order valence-corrected chi connectivity index (χ0v) is 26.3. The van der Waals surface area contributed by atoms with Crippen molar-refractivity contribution in [2.75, 3.05) is 10.6 Å². The quantitative estimate of drug-likeness (QED) is 0.109. The molecule has 0 saturated heterocycles. The lowest BCUT2D eigenvalue weighted by Crippen LogP contribution is -2.30. The molecule has 0 aromatic heterocycles. The number of aryl methyl sites for hydroxylation is 2. The SMILES string of the molecule is CCc1cccc(C)c1NC(=O)C(C)Sc1cccc(NC(=O)/C(=C\c2cccc3ccccc23)NC(=O)c2ccccc2)c1. The number of hydrogen-bond donors (Lipinski definition) is 3. The maximum atomic E-state index is 13.7. The van der Waals surface area contributed by atoms with Crippen LogP contribution in [0.4, 0.5) is 11.4 Å². The van der Waals surface area contributed by atoms with Crippen LogP contribution >= 0.6 is 11.8 Å². The number of nitrogens with one attached hydrogen (secondary N) is 3. The van der Waals surface area contributed by atoms with Crippen molar-refractivity contribution in [2.45, 2.75) is 37.3 Å². The predicted octanol–water partition coefficient (Wildman–Crippen LogP) is 8.24. The van der Waals surface area contributed by atoms with E-state index in [4.69, 9.17) is 0 Å². The van der Waals surface area contributed by atoms with Crippen LogP contribution in [0.25, 0.3) is 16.8 Å². The molecule has 0 heterocycles. The van der Waals surface area contributed by atoms with Crippen LogP contribution in [0, 0.1) is 6.92 Å². The minimum absolute atomic E-state index is 0.0950. The number of para-hydroxylation sites is 1. The molecule has 6 nitrogen and oxygen atoms in total. The van der Waals surface area contributed by atoms with Crippen LogP contribution in [0.1, 0.15) is 40.9 Å². The minimum atomic E-state index is -0.466. The van der Waals surface area contributed by atoms with E-state index in [1.165, 1.54) is 11.8 Å². The number of amides is 3. The first-order valence-corrected chi connectivity index (χ1v) is 15.7. The van der Waals surface area contributed by atoms with Crippen molar-refractivity contribution in [1.82, 2.24) is 5.32 Å². The Bertz CT molecular complexity index is 1880. The van der Waals surface area contributed by atoms with Crippen molar-refractivity contribution in [2.24, 2.45) is 0 Å². The Hall–Kier alpha value is -5.14. The van der Waals surface area contributed by atoms with Crippen molar-refractivity contribution in [3.63, 3.8) is 0 Å². The van der Waals surface area contributed by atoms with Gasteiger partial charge in [-0.3, -0.25) is 14.4 Å². The summed E-state index contributed by atoms with van der Waals surface area (Å²) in [7, 11) is 0. The fraction of sp³-hybridized carbons (Fsp3) is 0.132. The van der Waals surface area contributed by atoms with Gasteiger partial charge >= 0.3 is 0 Å². The molecule has 0 bridgehead atoms. The Morgan fingerprint density at radius 1 is 0.800 bits per heavy atom. The number of carbonyl (C=O) groups is 3. The van der Waals surface area contributed by atoms with Gasteiger partial charge in [-0.2, -0.15) is 0 Å². The fourth-order valence-corrected chi connectivity index (χ4v) is 5.93. The van der Waals surface area contributed by atoms with Crippen LogP contribution in [-0.4, -0.2) is 23.0 Å². The lowest BCUT2D eigenvalue weighted by molar-refractivity contribution is -0.115. The van der Waals surface area contributed by atoms with Gasteiger partial charge < -0.3 is 16.0 Å². The molecule has 5 aromatic rings. The van der Waals surface area contributed by atoms with Gasteiger partial charge in [-0.25, -0.2) is 0 Å². The molecule has 7 heteroatoms. The van der Waals surface area contributed by atoms with Crippen LogP contribution in [0.3, 0.4) is 0 Å². The summed E-state index contributed by atoms with van der Waals surface area (Å²) in [6.07, 6.45) is 2.52. The Balaban J connectivity index is 1.35. The first-order chi connectivity index (χ1) is 21.8. The molecule has 3 amide bonds.